The molecule has 1 fully saturated rings. The van der Waals surface area contributed by atoms with Crippen LogP contribution in [0.5, 0.6) is 0 Å². The quantitative estimate of drug-likeness (QED) is 0.751. The molecule has 0 aliphatic carbocycles. The van der Waals surface area contributed by atoms with Crippen molar-refractivity contribution in [3.63, 3.8) is 0 Å². The summed E-state index contributed by atoms with van der Waals surface area (Å²) in [6, 6.07) is 21.3. The Morgan fingerprint density at radius 1 is 1.04 bits per heavy atom. The van der Waals surface area contributed by atoms with E-state index in [1.807, 2.05) is 17.0 Å². The zero-order valence-corrected chi connectivity index (χ0v) is 17.4. The Bertz CT molecular complexity index is 745. The van der Waals surface area contributed by atoms with Crippen LogP contribution in [-0.4, -0.2) is 48.1 Å². The number of likely N-dealkylation sites (N-methyl/N-ethyl adjacent to an activating group) is 1. The van der Waals surface area contributed by atoms with Gasteiger partial charge in [-0.2, -0.15) is 0 Å². The van der Waals surface area contributed by atoms with Crippen LogP contribution < -0.4 is 5.32 Å². The predicted octanol–water partition coefficient (Wildman–Crippen LogP) is 4.49. The van der Waals surface area contributed by atoms with E-state index < -0.39 is 0 Å². The fourth-order valence-corrected chi connectivity index (χ4v) is 4.15. The van der Waals surface area contributed by atoms with Crippen LogP contribution in [0.4, 0.5) is 4.79 Å². The number of nitrogens with one attached hydrogen (secondary N) is 1. The van der Waals surface area contributed by atoms with Gasteiger partial charge >= 0.3 is 6.03 Å². The maximum atomic E-state index is 12.9. The van der Waals surface area contributed by atoms with Crippen LogP contribution in [0.25, 0.3) is 0 Å². The summed E-state index contributed by atoms with van der Waals surface area (Å²) in [4.78, 5) is 17.3. The number of amides is 2. The van der Waals surface area contributed by atoms with Gasteiger partial charge in [-0.05, 0) is 51.3 Å². The van der Waals surface area contributed by atoms with Crippen molar-refractivity contribution in [3.8, 4) is 0 Å². The van der Waals surface area contributed by atoms with E-state index >= 15 is 0 Å². The Labute approximate surface area is 169 Å². The summed E-state index contributed by atoms with van der Waals surface area (Å²) in [7, 11) is 2.15. The van der Waals surface area contributed by atoms with E-state index in [-0.39, 0.29) is 17.6 Å². The van der Waals surface area contributed by atoms with Gasteiger partial charge in [-0.25, -0.2) is 4.79 Å². The van der Waals surface area contributed by atoms with Crippen molar-refractivity contribution in [3.05, 3.63) is 71.8 Å². The molecule has 2 aromatic rings. The number of urea groups is 1. The number of piperazine rings is 1. The molecule has 1 aliphatic rings. The average molecular weight is 380 g/mol. The summed E-state index contributed by atoms with van der Waals surface area (Å²) >= 11 is 0. The maximum Gasteiger partial charge on any atom is 0.317 e. The third-order valence-electron chi connectivity index (χ3n) is 5.70. The number of nitrogens with zero attached hydrogens (tertiary/aromatic N) is 2. The molecule has 0 aromatic heterocycles. The van der Waals surface area contributed by atoms with E-state index in [1.165, 1.54) is 11.1 Å². The van der Waals surface area contributed by atoms with Crippen molar-refractivity contribution in [2.45, 2.75) is 44.7 Å². The van der Waals surface area contributed by atoms with E-state index in [0.29, 0.717) is 6.54 Å². The molecule has 1 N–H and O–H groups in total. The number of carbonyl (C=O) groups excluding carboxylic acids is 1. The summed E-state index contributed by atoms with van der Waals surface area (Å²) in [5.74, 6) is 0. The van der Waals surface area contributed by atoms with Gasteiger partial charge in [0.1, 0.15) is 0 Å². The molecule has 0 bridgehead atoms. The predicted molar refractivity (Wildman–Crippen MR) is 115 cm³/mol. The Morgan fingerprint density at radius 2 is 1.68 bits per heavy atom. The normalized spacial score (nSPS) is 19.4. The van der Waals surface area contributed by atoms with Gasteiger partial charge in [0.2, 0.25) is 0 Å². The average Bonchev–Trinajstić information content (AvgIpc) is 2.68. The molecule has 1 unspecified atom stereocenters. The SMILES string of the molecule is CN1CC(C)(C)N(C(=O)NCCCCc2ccccc2)CC1c1ccccc1. The lowest BCUT2D eigenvalue weighted by molar-refractivity contribution is 0.0215. The summed E-state index contributed by atoms with van der Waals surface area (Å²) in [6.07, 6.45) is 3.15. The summed E-state index contributed by atoms with van der Waals surface area (Å²) in [5.41, 5.74) is 2.44. The first-order valence-electron chi connectivity index (χ1n) is 10.3. The number of benzene rings is 2. The number of hydrogen-bond acceptors (Lipinski definition) is 2. The van der Waals surface area contributed by atoms with Crippen molar-refractivity contribution in [1.82, 2.24) is 15.1 Å². The summed E-state index contributed by atoms with van der Waals surface area (Å²) < 4.78 is 0. The highest BCUT2D eigenvalue weighted by molar-refractivity contribution is 5.75. The molecule has 0 saturated carbocycles. The van der Waals surface area contributed by atoms with E-state index in [4.69, 9.17) is 0 Å². The Balaban J connectivity index is 1.52. The Morgan fingerprint density at radius 3 is 2.36 bits per heavy atom. The zero-order valence-electron chi connectivity index (χ0n) is 17.4. The minimum atomic E-state index is -0.186. The molecule has 2 aromatic carbocycles. The standard InChI is InChI=1S/C24H33N3O/c1-24(2)19-26(3)22(21-15-8-5-9-16-21)18-27(24)23(28)25-17-11-10-14-20-12-6-4-7-13-20/h4-9,12-13,15-16,22H,10-11,14,17-19H2,1-3H3,(H,25,28). The fourth-order valence-electron chi connectivity index (χ4n) is 4.15. The van der Waals surface area contributed by atoms with Crippen LogP contribution in [0.2, 0.25) is 0 Å². The van der Waals surface area contributed by atoms with Gasteiger partial charge in [-0.3, -0.25) is 4.90 Å². The molecule has 4 nitrogen and oxygen atoms in total. The molecule has 1 aliphatic heterocycles. The minimum absolute atomic E-state index is 0.0544. The van der Waals surface area contributed by atoms with Crippen molar-refractivity contribution >= 4 is 6.03 Å². The molecule has 2 amide bonds. The molecule has 3 rings (SSSR count). The zero-order chi connectivity index (χ0) is 20.0. The number of rotatable bonds is 6. The number of aryl methyl sites for hydroxylation is 1. The summed E-state index contributed by atoms with van der Waals surface area (Å²) in [6.45, 7) is 6.60. The largest absolute Gasteiger partial charge is 0.338 e. The molecule has 1 atom stereocenters. The van der Waals surface area contributed by atoms with Gasteiger partial charge in [0.05, 0.1) is 11.6 Å². The number of hydrogen-bond donors (Lipinski definition) is 1. The molecule has 28 heavy (non-hydrogen) atoms. The lowest BCUT2D eigenvalue weighted by Gasteiger charge is -2.50. The molecular weight excluding hydrogens is 346 g/mol. The van der Waals surface area contributed by atoms with Crippen molar-refractivity contribution in [2.75, 3.05) is 26.7 Å². The second kappa shape index (κ2) is 9.24. The van der Waals surface area contributed by atoms with Crippen LogP contribution in [0.3, 0.4) is 0 Å². The van der Waals surface area contributed by atoms with Gasteiger partial charge in [-0.1, -0.05) is 60.7 Å². The first-order chi connectivity index (χ1) is 13.5. The van der Waals surface area contributed by atoms with E-state index in [2.05, 4.69) is 79.6 Å². The lowest BCUT2D eigenvalue weighted by atomic mass is 9.93. The molecule has 150 valence electrons. The van der Waals surface area contributed by atoms with Crippen LogP contribution in [0.15, 0.2) is 60.7 Å². The summed E-state index contributed by atoms with van der Waals surface area (Å²) in [5, 5.41) is 3.15. The Kier molecular flexibility index (Phi) is 6.74. The molecule has 1 saturated heterocycles. The number of carbonyl (C=O) groups is 1. The third-order valence-corrected chi connectivity index (χ3v) is 5.70. The second-order valence-electron chi connectivity index (χ2n) is 8.44. The molecule has 4 heteroatoms. The minimum Gasteiger partial charge on any atom is -0.338 e. The van der Waals surface area contributed by atoms with Gasteiger partial charge in [0.15, 0.2) is 0 Å². The molecule has 0 spiro atoms. The highest BCUT2D eigenvalue weighted by Crippen LogP contribution is 2.31. The van der Waals surface area contributed by atoms with Gasteiger partial charge in [0.25, 0.3) is 0 Å². The maximum absolute atomic E-state index is 12.9. The Hall–Kier alpha value is -2.33. The molecular formula is C24H33N3O. The third kappa shape index (κ3) is 5.14. The van der Waals surface area contributed by atoms with E-state index in [0.717, 1.165) is 32.4 Å². The van der Waals surface area contributed by atoms with Gasteiger partial charge in [0, 0.05) is 19.6 Å². The molecule has 1 heterocycles. The van der Waals surface area contributed by atoms with E-state index in [1.54, 1.807) is 0 Å². The highest BCUT2D eigenvalue weighted by atomic mass is 16.2. The van der Waals surface area contributed by atoms with Crippen molar-refractivity contribution < 1.29 is 4.79 Å². The fraction of sp³-hybridized carbons (Fsp3) is 0.458. The smallest absolute Gasteiger partial charge is 0.317 e. The lowest BCUT2D eigenvalue weighted by Crippen LogP contribution is -2.63. The van der Waals surface area contributed by atoms with Crippen LogP contribution in [0, 0.1) is 0 Å². The van der Waals surface area contributed by atoms with Crippen LogP contribution >= 0.6 is 0 Å². The topological polar surface area (TPSA) is 35.6 Å². The van der Waals surface area contributed by atoms with Gasteiger partial charge < -0.3 is 10.2 Å². The van der Waals surface area contributed by atoms with E-state index in [9.17, 15) is 4.79 Å². The van der Waals surface area contributed by atoms with Crippen molar-refractivity contribution in [2.24, 2.45) is 0 Å². The number of unbranched alkanes of at least 4 members (excludes halogenated alkanes) is 1. The monoisotopic (exact) mass is 379 g/mol. The second-order valence-corrected chi connectivity index (χ2v) is 8.44. The first kappa shape index (κ1) is 20.4. The van der Waals surface area contributed by atoms with Crippen molar-refractivity contribution in [1.29, 1.82) is 0 Å². The highest BCUT2D eigenvalue weighted by Gasteiger charge is 2.40. The first-order valence-corrected chi connectivity index (χ1v) is 10.3. The van der Waals surface area contributed by atoms with Gasteiger partial charge in [-0.15, -0.1) is 0 Å². The van der Waals surface area contributed by atoms with Crippen LogP contribution in [0.1, 0.15) is 43.9 Å². The molecule has 0 radical (unpaired) electrons. The van der Waals surface area contributed by atoms with Crippen LogP contribution in [-0.2, 0) is 6.42 Å².